The Labute approximate surface area is 112 Å². The molecule has 19 heavy (non-hydrogen) atoms. The summed E-state index contributed by atoms with van der Waals surface area (Å²) in [6, 6.07) is 10.1. The van der Waals surface area contributed by atoms with Gasteiger partial charge in [0.2, 0.25) is 5.89 Å². The Bertz CT molecular complexity index is 674. The lowest BCUT2D eigenvalue weighted by molar-refractivity contribution is 0.619. The smallest absolute Gasteiger partial charge is 0.227 e. The third-order valence-electron chi connectivity index (χ3n) is 3.20. The number of aromatic nitrogens is 2. The first-order chi connectivity index (χ1) is 9.36. The molecule has 0 N–H and O–H groups in total. The van der Waals surface area contributed by atoms with E-state index in [0.29, 0.717) is 5.89 Å². The third kappa shape index (κ3) is 2.50. The topological polar surface area (TPSA) is 38.9 Å². The summed E-state index contributed by atoms with van der Waals surface area (Å²) in [5.74, 6) is 0.657. The van der Waals surface area contributed by atoms with Crippen LogP contribution < -0.4 is 0 Å². The summed E-state index contributed by atoms with van der Waals surface area (Å²) in [5, 5.41) is 0. The van der Waals surface area contributed by atoms with Gasteiger partial charge in [-0.3, -0.25) is 4.98 Å². The third-order valence-corrected chi connectivity index (χ3v) is 3.20. The van der Waals surface area contributed by atoms with Gasteiger partial charge in [-0.15, -0.1) is 0 Å². The Morgan fingerprint density at radius 1 is 1.11 bits per heavy atom. The van der Waals surface area contributed by atoms with Crippen LogP contribution in [0.2, 0.25) is 0 Å². The largest absolute Gasteiger partial charge is 0.436 e. The molecule has 3 rings (SSSR count). The van der Waals surface area contributed by atoms with E-state index in [4.69, 9.17) is 4.42 Å². The summed E-state index contributed by atoms with van der Waals surface area (Å²) in [6.45, 7) is 2.20. The Morgan fingerprint density at radius 2 is 1.95 bits per heavy atom. The van der Waals surface area contributed by atoms with Crippen molar-refractivity contribution in [3.63, 3.8) is 0 Å². The first-order valence-corrected chi connectivity index (χ1v) is 6.66. The maximum absolute atomic E-state index is 5.77. The van der Waals surface area contributed by atoms with Gasteiger partial charge >= 0.3 is 0 Å². The number of unbranched alkanes of at least 4 members (excludes halogenated alkanes) is 1. The van der Waals surface area contributed by atoms with Crippen LogP contribution in [-0.2, 0) is 6.42 Å². The van der Waals surface area contributed by atoms with E-state index in [1.807, 2.05) is 18.2 Å². The van der Waals surface area contributed by atoms with E-state index in [9.17, 15) is 0 Å². The fraction of sp³-hybridized carbons (Fsp3) is 0.250. The van der Waals surface area contributed by atoms with E-state index < -0.39 is 0 Å². The van der Waals surface area contributed by atoms with Gasteiger partial charge in [0, 0.05) is 18.0 Å². The number of aryl methyl sites for hydroxylation is 1. The molecule has 0 unspecified atom stereocenters. The van der Waals surface area contributed by atoms with Gasteiger partial charge in [0.25, 0.3) is 0 Å². The van der Waals surface area contributed by atoms with Crippen molar-refractivity contribution in [2.24, 2.45) is 0 Å². The SMILES string of the molecule is CCCCc1ccc2oc(-c3ccncc3)nc2c1. The highest BCUT2D eigenvalue weighted by Crippen LogP contribution is 2.24. The molecule has 0 saturated carbocycles. The average molecular weight is 252 g/mol. The fourth-order valence-electron chi connectivity index (χ4n) is 2.13. The lowest BCUT2D eigenvalue weighted by Gasteiger charge is -1.97. The van der Waals surface area contributed by atoms with E-state index in [-0.39, 0.29) is 0 Å². The molecule has 0 saturated heterocycles. The molecule has 0 bridgehead atoms. The van der Waals surface area contributed by atoms with Crippen molar-refractivity contribution in [1.29, 1.82) is 0 Å². The molecule has 0 aliphatic rings. The lowest BCUT2D eigenvalue weighted by atomic mass is 10.1. The van der Waals surface area contributed by atoms with Crippen molar-refractivity contribution in [2.75, 3.05) is 0 Å². The number of fused-ring (bicyclic) bond motifs is 1. The lowest BCUT2D eigenvalue weighted by Crippen LogP contribution is -1.83. The van der Waals surface area contributed by atoms with Crippen LogP contribution in [0.15, 0.2) is 47.1 Å². The van der Waals surface area contributed by atoms with Crippen molar-refractivity contribution in [3.8, 4) is 11.5 Å². The molecule has 0 amide bonds. The molecule has 1 aromatic carbocycles. The zero-order valence-corrected chi connectivity index (χ0v) is 11.0. The normalized spacial score (nSPS) is 11.0. The molecule has 3 aromatic rings. The highest BCUT2D eigenvalue weighted by atomic mass is 16.3. The molecule has 3 heteroatoms. The van der Waals surface area contributed by atoms with Gasteiger partial charge < -0.3 is 4.42 Å². The van der Waals surface area contributed by atoms with Crippen molar-refractivity contribution < 1.29 is 4.42 Å². The summed E-state index contributed by atoms with van der Waals surface area (Å²) in [5.41, 5.74) is 4.05. The number of hydrogen-bond acceptors (Lipinski definition) is 3. The first kappa shape index (κ1) is 11.9. The highest BCUT2D eigenvalue weighted by molar-refractivity contribution is 5.76. The zero-order chi connectivity index (χ0) is 13.1. The molecule has 2 heterocycles. The second-order valence-electron chi connectivity index (χ2n) is 4.66. The van der Waals surface area contributed by atoms with E-state index >= 15 is 0 Å². The van der Waals surface area contributed by atoms with Crippen LogP contribution >= 0.6 is 0 Å². The van der Waals surface area contributed by atoms with Gasteiger partial charge in [-0.1, -0.05) is 19.4 Å². The standard InChI is InChI=1S/C16H16N2O/c1-2-3-4-12-5-6-15-14(11-12)18-16(19-15)13-7-9-17-10-8-13/h5-11H,2-4H2,1H3. The summed E-state index contributed by atoms with van der Waals surface area (Å²) in [6.07, 6.45) is 7.01. The van der Waals surface area contributed by atoms with Crippen LogP contribution in [0.5, 0.6) is 0 Å². The van der Waals surface area contributed by atoms with Crippen LogP contribution in [0.25, 0.3) is 22.6 Å². The van der Waals surface area contributed by atoms with Crippen LogP contribution in [-0.4, -0.2) is 9.97 Å². The number of pyridine rings is 1. The van der Waals surface area contributed by atoms with E-state index in [2.05, 4.69) is 29.0 Å². The molecule has 0 spiro atoms. The molecular weight excluding hydrogens is 236 g/mol. The van der Waals surface area contributed by atoms with Crippen molar-refractivity contribution in [1.82, 2.24) is 9.97 Å². The molecule has 0 aliphatic heterocycles. The Kier molecular flexibility index (Phi) is 3.27. The number of rotatable bonds is 4. The van der Waals surface area contributed by atoms with Crippen molar-refractivity contribution in [2.45, 2.75) is 26.2 Å². The molecule has 96 valence electrons. The van der Waals surface area contributed by atoms with E-state index in [0.717, 1.165) is 23.1 Å². The summed E-state index contributed by atoms with van der Waals surface area (Å²) < 4.78 is 5.77. The summed E-state index contributed by atoms with van der Waals surface area (Å²) in [7, 11) is 0. The minimum atomic E-state index is 0.657. The predicted octanol–water partition coefficient (Wildman–Crippen LogP) is 4.23. The monoisotopic (exact) mass is 252 g/mol. The first-order valence-electron chi connectivity index (χ1n) is 6.66. The van der Waals surface area contributed by atoms with E-state index in [1.54, 1.807) is 12.4 Å². The van der Waals surface area contributed by atoms with E-state index in [1.165, 1.54) is 18.4 Å². The zero-order valence-electron chi connectivity index (χ0n) is 11.0. The Morgan fingerprint density at radius 3 is 2.74 bits per heavy atom. The van der Waals surface area contributed by atoms with Crippen molar-refractivity contribution in [3.05, 3.63) is 48.3 Å². The fourth-order valence-corrected chi connectivity index (χ4v) is 2.13. The summed E-state index contributed by atoms with van der Waals surface area (Å²) >= 11 is 0. The minimum absolute atomic E-state index is 0.657. The molecule has 0 fully saturated rings. The second kappa shape index (κ2) is 5.22. The molecule has 2 aromatic heterocycles. The number of benzene rings is 1. The molecule has 0 atom stereocenters. The van der Waals surface area contributed by atoms with Crippen LogP contribution in [0.4, 0.5) is 0 Å². The van der Waals surface area contributed by atoms with Gasteiger partial charge in [0.1, 0.15) is 5.52 Å². The van der Waals surface area contributed by atoms with Gasteiger partial charge in [-0.25, -0.2) is 4.98 Å². The van der Waals surface area contributed by atoms with Gasteiger partial charge in [0.05, 0.1) is 0 Å². The average Bonchev–Trinajstić information content (AvgIpc) is 2.89. The second-order valence-corrected chi connectivity index (χ2v) is 4.66. The van der Waals surface area contributed by atoms with Crippen molar-refractivity contribution >= 4 is 11.1 Å². The van der Waals surface area contributed by atoms with Gasteiger partial charge in [0.15, 0.2) is 5.58 Å². The molecular formula is C16H16N2O. The van der Waals surface area contributed by atoms with Crippen LogP contribution in [0, 0.1) is 0 Å². The Balaban J connectivity index is 1.97. The maximum atomic E-state index is 5.77. The number of oxazole rings is 1. The molecule has 3 nitrogen and oxygen atoms in total. The number of nitrogens with zero attached hydrogens (tertiary/aromatic N) is 2. The Hall–Kier alpha value is -2.16. The van der Waals surface area contributed by atoms with Crippen LogP contribution in [0.1, 0.15) is 25.3 Å². The minimum Gasteiger partial charge on any atom is -0.436 e. The number of hydrogen-bond donors (Lipinski definition) is 0. The molecule has 0 aliphatic carbocycles. The maximum Gasteiger partial charge on any atom is 0.227 e. The van der Waals surface area contributed by atoms with Crippen LogP contribution in [0.3, 0.4) is 0 Å². The predicted molar refractivity (Wildman–Crippen MR) is 75.9 cm³/mol. The molecule has 0 radical (unpaired) electrons. The highest BCUT2D eigenvalue weighted by Gasteiger charge is 2.08. The quantitative estimate of drug-likeness (QED) is 0.697. The van der Waals surface area contributed by atoms with Gasteiger partial charge in [-0.05, 0) is 42.7 Å². The summed E-state index contributed by atoms with van der Waals surface area (Å²) in [4.78, 5) is 8.56. The van der Waals surface area contributed by atoms with Gasteiger partial charge in [-0.2, -0.15) is 0 Å².